The van der Waals surface area contributed by atoms with Crippen LogP contribution in [0.4, 0.5) is 5.69 Å². The molecule has 2 aromatic carbocycles. The molecule has 0 aliphatic carbocycles. The fourth-order valence-electron chi connectivity index (χ4n) is 3.12. The number of hydrogen-bond acceptors (Lipinski definition) is 6. The van der Waals surface area contributed by atoms with Crippen LogP contribution < -0.4 is 15.6 Å². The van der Waals surface area contributed by atoms with Crippen molar-refractivity contribution >= 4 is 45.9 Å². The van der Waals surface area contributed by atoms with E-state index in [0.717, 1.165) is 0 Å². The molecule has 0 aliphatic rings. The molecule has 1 unspecified atom stereocenters. The molecule has 0 aliphatic heterocycles. The minimum absolute atomic E-state index is 0.164. The Morgan fingerprint density at radius 2 is 2.06 bits per heavy atom. The first-order valence-electron chi connectivity index (χ1n) is 10.3. The molecule has 0 saturated heterocycles. The van der Waals surface area contributed by atoms with Crippen LogP contribution in [0.5, 0.6) is 5.75 Å². The van der Waals surface area contributed by atoms with E-state index in [1.54, 1.807) is 48.9 Å². The van der Waals surface area contributed by atoms with E-state index in [0.29, 0.717) is 58.7 Å². The summed E-state index contributed by atoms with van der Waals surface area (Å²) in [5, 5.41) is 3.81. The second-order valence-electron chi connectivity index (χ2n) is 7.01. The molecule has 7 nitrogen and oxygen atoms in total. The zero-order valence-electron chi connectivity index (χ0n) is 18.3. The zero-order valence-corrected chi connectivity index (χ0v) is 19.8. The van der Waals surface area contributed by atoms with Gasteiger partial charge in [-0.05, 0) is 50.6 Å². The second kappa shape index (κ2) is 11.4. The van der Waals surface area contributed by atoms with Crippen molar-refractivity contribution in [3.8, 4) is 5.75 Å². The maximum Gasteiger partial charge on any atom is 0.262 e. The Hall–Kier alpha value is -2.55. The van der Waals surface area contributed by atoms with E-state index in [1.165, 1.54) is 11.8 Å². The Bertz CT molecular complexity index is 1150. The predicted octanol–water partition coefficient (Wildman–Crippen LogP) is 4.60. The minimum atomic E-state index is -0.512. The van der Waals surface area contributed by atoms with Gasteiger partial charge in [0.15, 0.2) is 5.16 Å². The van der Waals surface area contributed by atoms with Gasteiger partial charge in [0.05, 0.1) is 29.0 Å². The molecule has 1 heterocycles. The van der Waals surface area contributed by atoms with Crippen molar-refractivity contribution in [2.24, 2.45) is 0 Å². The highest BCUT2D eigenvalue weighted by molar-refractivity contribution is 8.00. The second-order valence-corrected chi connectivity index (χ2v) is 8.76. The van der Waals surface area contributed by atoms with Crippen molar-refractivity contribution in [2.75, 3.05) is 25.6 Å². The van der Waals surface area contributed by atoms with Crippen LogP contribution in [0.15, 0.2) is 52.4 Å². The number of anilines is 1. The number of nitrogens with one attached hydrogen (secondary N) is 1. The van der Waals surface area contributed by atoms with E-state index >= 15 is 0 Å². The number of fused-ring (bicyclic) bond motifs is 1. The fourth-order valence-corrected chi connectivity index (χ4v) is 4.22. The van der Waals surface area contributed by atoms with Crippen LogP contribution in [0.2, 0.25) is 5.02 Å². The zero-order chi connectivity index (χ0) is 23.1. The van der Waals surface area contributed by atoms with Gasteiger partial charge in [-0.1, -0.05) is 35.5 Å². The molecule has 1 amide bonds. The maximum absolute atomic E-state index is 13.2. The highest BCUT2D eigenvalue weighted by Crippen LogP contribution is 2.27. The van der Waals surface area contributed by atoms with Crippen LogP contribution in [0.1, 0.15) is 20.3 Å². The number of carbonyl (C=O) groups excluding carboxylic acids is 1. The number of para-hydroxylation sites is 2. The topological polar surface area (TPSA) is 82.4 Å². The Morgan fingerprint density at radius 1 is 1.28 bits per heavy atom. The van der Waals surface area contributed by atoms with Gasteiger partial charge in [0, 0.05) is 24.8 Å². The molecule has 0 bridgehead atoms. The normalized spacial score (nSPS) is 12.0. The Labute approximate surface area is 196 Å². The number of nitrogens with zero attached hydrogens (tertiary/aromatic N) is 2. The highest BCUT2D eigenvalue weighted by atomic mass is 35.5. The van der Waals surface area contributed by atoms with E-state index in [9.17, 15) is 9.59 Å². The summed E-state index contributed by atoms with van der Waals surface area (Å²) in [6, 6.07) is 12.2. The molecule has 32 heavy (non-hydrogen) atoms. The summed E-state index contributed by atoms with van der Waals surface area (Å²) in [4.78, 5) is 30.7. The molecule has 170 valence electrons. The number of benzene rings is 2. The molecule has 0 fully saturated rings. The summed E-state index contributed by atoms with van der Waals surface area (Å²) in [5.74, 6) is 0.352. The number of thioether (sulfide) groups is 1. The van der Waals surface area contributed by atoms with E-state index in [2.05, 4.69) is 10.3 Å². The Kier molecular flexibility index (Phi) is 8.55. The summed E-state index contributed by atoms with van der Waals surface area (Å²) >= 11 is 7.33. The summed E-state index contributed by atoms with van der Waals surface area (Å²) in [6.07, 6.45) is 0.657. The van der Waals surface area contributed by atoms with E-state index in [4.69, 9.17) is 21.1 Å². The van der Waals surface area contributed by atoms with Crippen molar-refractivity contribution in [2.45, 2.75) is 37.2 Å². The quantitative estimate of drug-likeness (QED) is 0.262. The van der Waals surface area contributed by atoms with Crippen molar-refractivity contribution in [1.29, 1.82) is 0 Å². The Morgan fingerprint density at radius 3 is 2.81 bits per heavy atom. The molecule has 1 N–H and O–H groups in total. The van der Waals surface area contributed by atoms with Gasteiger partial charge in [0.25, 0.3) is 5.56 Å². The van der Waals surface area contributed by atoms with Crippen LogP contribution in [-0.4, -0.2) is 41.0 Å². The van der Waals surface area contributed by atoms with Crippen molar-refractivity contribution in [3.05, 3.63) is 57.8 Å². The maximum atomic E-state index is 13.2. The molecule has 0 saturated carbocycles. The summed E-state index contributed by atoms with van der Waals surface area (Å²) in [7, 11) is 1.55. The molecule has 3 rings (SSSR count). The van der Waals surface area contributed by atoms with Crippen LogP contribution in [-0.2, 0) is 16.1 Å². The van der Waals surface area contributed by atoms with Gasteiger partial charge < -0.3 is 14.8 Å². The smallest absolute Gasteiger partial charge is 0.262 e. The van der Waals surface area contributed by atoms with Crippen LogP contribution in [0.3, 0.4) is 0 Å². The van der Waals surface area contributed by atoms with Gasteiger partial charge >= 0.3 is 0 Å². The van der Waals surface area contributed by atoms with Gasteiger partial charge in [0.1, 0.15) is 5.75 Å². The first-order chi connectivity index (χ1) is 15.4. The van der Waals surface area contributed by atoms with Gasteiger partial charge in [-0.2, -0.15) is 0 Å². The molecular formula is C23H26ClN3O4S. The third-order valence-electron chi connectivity index (χ3n) is 4.77. The largest absolute Gasteiger partial charge is 0.495 e. The van der Waals surface area contributed by atoms with Gasteiger partial charge in [-0.25, -0.2) is 4.98 Å². The van der Waals surface area contributed by atoms with E-state index in [-0.39, 0.29) is 11.5 Å². The molecular weight excluding hydrogens is 450 g/mol. The molecule has 0 radical (unpaired) electrons. The summed E-state index contributed by atoms with van der Waals surface area (Å²) in [6.45, 7) is 5.29. The number of methoxy groups -OCH3 is 1. The number of ether oxygens (including phenoxy) is 2. The fraction of sp³-hybridized carbons (Fsp3) is 0.348. The van der Waals surface area contributed by atoms with Gasteiger partial charge in [-0.3, -0.25) is 14.2 Å². The van der Waals surface area contributed by atoms with Gasteiger partial charge in [0.2, 0.25) is 5.91 Å². The Balaban J connectivity index is 1.87. The lowest BCUT2D eigenvalue weighted by molar-refractivity contribution is -0.115. The number of hydrogen-bond donors (Lipinski definition) is 1. The third kappa shape index (κ3) is 5.82. The first-order valence-corrected chi connectivity index (χ1v) is 11.6. The van der Waals surface area contributed by atoms with Crippen molar-refractivity contribution in [1.82, 2.24) is 9.55 Å². The highest BCUT2D eigenvalue weighted by Gasteiger charge is 2.20. The van der Waals surface area contributed by atoms with E-state index in [1.807, 2.05) is 19.1 Å². The summed E-state index contributed by atoms with van der Waals surface area (Å²) < 4.78 is 12.3. The van der Waals surface area contributed by atoms with E-state index < -0.39 is 5.25 Å². The minimum Gasteiger partial charge on any atom is -0.495 e. The number of amides is 1. The molecule has 3 aromatic rings. The van der Waals surface area contributed by atoms with Crippen LogP contribution in [0, 0.1) is 0 Å². The average molecular weight is 476 g/mol. The van der Waals surface area contributed by atoms with Crippen LogP contribution >= 0.6 is 23.4 Å². The monoisotopic (exact) mass is 475 g/mol. The lowest BCUT2D eigenvalue weighted by atomic mass is 10.2. The number of halogens is 1. The average Bonchev–Trinajstić information content (AvgIpc) is 2.78. The standard InChI is InChI=1S/C23H26ClN3O4S/c1-4-31-13-7-12-27-22(29)17-11-10-16(24)14-19(17)26-23(27)32-15(2)21(28)25-18-8-5-6-9-20(18)30-3/h5-6,8-11,14-15H,4,7,12-13H2,1-3H3,(H,25,28). The van der Waals surface area contributed by atoms with Crippen molar-refractivity contribution in [3.63, 3.8) is 0 Å². The number of aromatic nitrogens is 2. The molecule has 0 spiro atoms. The lowest BCUT2D eigenvalue weighted by Gasteiger charge is -2.17. The third-order valence-corrected chi connectivity index (χ3v) is 6.10. The molecule has 1 atom stereocenters. The predicted molar refractivity (Wildman–Crippen MR) is 129 cm³/mol. The first kappa shape index (κ1) is 24.1. The van der Waals surface area contributed by atoms with Crippen molar-refractivity contribution < 1.29 is 14.3 Å². The molecule has 1 aromatic heterocycles. The lowest BCUT2D eigenvalue weighted by Crippen LogP contribution is -2.27. The number of rotatable bonds is 10. The SMILES string of the molecule is CCOCCCn1c(SC(C)C(=O)Nc2ccccc2OC)nc2cc(Cl)ccc2c1=O. The van der Waals surface area contributed by atoms with Gasteiger partial charge in [-0.15, -0.1) is 0 Å². The number of carbonyl (C=O) groups is 1. The molecule has 9 heteroatoms. The van der Waals surface area contributed by atoms with Crippen LogP contribution in [0.25, 0.3) is 10.9 Å². The summed E-state index contributed by atoms with van der Waals surface area (Å²) in [5.41, 5.74) is 0.922.